The highest BCUT2D eigenvalue weighted by Crippen LogP contribution is 2.43. The maximum Gasteiger partial charge on any atom is 0.0449 e. The van der Waals surface area contributed by atoms with Gasteiger partial charge in [0, 0.05) is 15.5 Å². The fraction of sp³-hybridized carbons (Fsp3) is 0.667. The quantitative estimate of drug-likeness (QED) is 0.715. The van der Waals surface area contributed by atoms with E-state index in [0.29, 0.717) is 12.0 Å². The van der Waals surface area contributed by atoms with Crippen LogP contribution < -0.4 is 5.32 Å². The summed E-state index contributed by atoms with van der Waals surface area (Å²) in [7, 11) is 2.11. The molecular formula is C18H27BrClN. The largest absolute Gasteiger partial charge is 0.317 e. The molecule has 0 heterocycles. The normalized spacial score (nSPS) is 26.9. The minimum Gasteiger partial charge on any atom is -0.317 e. The standard InChI is InChI=1S/C18H27BrClN/c1-12-5-8-15(17(9-12)21-4)18(2,3)11-13-6-7-14(19)10-16(13)20/h6-7,10,12,15,17,21H,5,8-9,11H2,1-4H3. The Bertz CT molecular complexity index is 486. The second-order valence-corrected chi connectivity index (χ2v) is 8.64. The Morgan fingerprint density at radius 1 is 1.33 bits per heavy atom. The summed E-state index contributed by atoms with van der Waals surface area (Å²) in [4.78, 5) is 0. The lowest BCUT2D eigenvalue weighted by Gasteiger charge is -2.44. The summed E-state index contributed by atoms with van der Waals surface area (Å²) < 4.78 is 1.05. The van der Waals surface area contributed by atoms with Crippen LogP contribution in [-0.2, 0) is 6.42 Å². The predicted octanol–water partition coefficient (Wildman–Crippen LogP) is 5.70. The Morgan fingerprint density at radius 3 is 2.67 bits per heavy atom. The average molecular weight is 373 g/mol. The fourth-order valence-electron chi connectivity index (χ4n) is 3.92. The van der Waals surface area contributed by atoms with E-state index in [1.807, 2.05) is 6.07 Å². The number of benzene rings is 1. The molecule has 1 aliphatic carbocycles. The Kier molecular flexibility index (Phi) is 5.78. The van der Waals surface area contributed by atoms with E-state index in [2.05, 4.69) is 61.2 Å². The Labute approximate surface area is 143 Å². The van der Waals surface area contributed by atoms with E-state index in [9.17, 15) is 0 Å². The van der Waals surface area contributed by atoms with Crippen LogP contribution in [0.4, 0.5) is 0 Å². The third kappa shape index (κ3) is 4.24. The van der Waals surface area contributed by atoms with Gasteiger partial charge in [0.15, 0.2) is 0 Å². The van der Waals surface area contributed by atoms with Crippen LogP contribution in [0.2, 0.25) is 5.02 Å². The molecule has 1 nitrogen and oxygen atoms in total. The highest BCUT2D eigenvalue weighted by Gasteiger charge is 2.38. The van der Waals surface area contributed by atoms with E-state index in [0.717, 1.165) is 21.8 Å². The second-order valence-electron chi connectivity index (χ2n) is 7.32. The maximum absolute atomic E-state index is 6.42. The lowest BCUT2D eigenvalue weighted by molar-refractivity contribution is 0.0981. The smallest absolute Gasteiger partial charge is 0.0449 e. The molecule has 1 N–H and O–H groups in total. The van der Waals surface area contributed by atoms with E-state index in [-0.39, 0.29) is 5.41 Å². The highest BCUT2D eigenvalue weighted by atomic mass is 79.9. The molecule has 0 radical (unpaired) electrons. The van der Waals surface area contributed by atoms with Gasteiger partial charge in [0.2, 0.25) is 0 Å². The summed E-state index contributed by atoms with van der Waals surface area (Å²) in [6.07, 6.45) is 4.99. The highest BCUT2D eigenvalue weighted by molar-refractivity contribution is 9.10. The summed E-state index contributed by atoms with van der Waals surface area (Å²) >= 11 is 9.91. The summed E-state index contributed by atoms with van der Waals surface area (Å²) in [5, 5.41) is 4.44. The Balaban J connectivity index is 2.16. The van der Waals surface area contributed by atoms with Crippen LogP contribution in [-0.4, -0.2) is 13.1 Å². The van der Waals surface area contributed by atoms with E-state index < -0.39 is 0 Å². The van der Waals surface area contributed by atoms with Crippen LogP contribution >= 0.6 is 27.5 Å². The molecule has 0 aliphatic heterocycles. The summed E-state index contributed by atoms with van der Waals surface area (Å²) in [5.41, 5.74) is 1.52. The monoisotopic (exact) mass is 371 g/mol. The molecule has 118 valence electrons. The van der Waals surface area contributed by atoms with Crippen molar-refractivity contribution in [1.29, 1.82) is 0 Å². The summed E-state index contributed by atoms with van der Waals surface area (Å²) in [6, 6.07) is 6.88. The molecule has 21 heavy (non-hydrogen) atoms. The molecule has 1 aromatic rings. The van der Waals surface area contributed by atoms with Gasteiger partial charge in [-0.3, -0.25) is 0 Å². The van der Waals surface area contributed by atoms with Gasteiger partial charge in [-0.15, -0.1) is 0 Å². The Morgan fingerprint density at radius 2 is 2.05 bits per heavy atom. The molecule has 0 saturated heterocycles. The molecule has 1 aliphatic rings. The van der Waals surface area contributed by atoms with Gasteiger partial charge in [0.1, 0.15) is 0 Å². The van der Waals surface area contributed by atoms with Crippen molar-refractivity contribution in [3.8, 4) is 0 Å². The first-order valence-corrected chi connectivity index (χ1v) is 9.12. The minimum atomic E-state index is 0.255. The second kappa shape index (κ2) is 7.02. The van der Waals surface area contributed by atoms with Crippen LogP contribution in [0.15, 0.2) is 22.7 Å². The van der Waals surface area contributed by atoms with Gasteiger partial charge in [-0.2, -0.15) is 0 Å². The van der Waals surface area contributed by atoms with Crippen molar-refractivity contribution in [1.82, 2.24) is 5.32 Å². The van der Waals surface area contributed by atoms with Crippen LogP contribution in [0.3, 0.4) is 0 Å². The van der Waals surface area contributed by atoms with Gasteiger partial charge in [-0.1, -0.05) is 60.8 Å². The van der Waals surface area contributed by atoms with Gasteiger partial charge >= 0.3 is 0 Å². The van der Waals surface area contributed by atoms with Crippen molar-refractivity contribution >= 4 is 27.5 Å². The molecule has 3 atom stereocenters. The third-order valence-electron chi connectivity index (χ3n) is 5.15. The van der Waals surface area contributed by atoms with Crippen molar-refractivity contribution in [3.63, 3.8) is 0 Å². The topological polar surface area (TPSA) is 12.0 Å². The predicted molar refractivity (Wildman–Crippen MR) is 96.0 cm³/mol. The molecule has 0 spiro atoms. The van der Waals surface area contributed by atoms with E-state index in [1.54, 1.807) is 0 Å². The molecule has 3 unspecified atom stereocenters. The zero-order chi connectivity index (χ0) is 15.6. The number of nitrogens with one attached hydrogen (secondary N) is 1. The van der Waals surface area contributed by atoms with Crippen molar-refractivity contribution in [2.45, 2.75) is 52.5 Å². The van der Waals surface area contributed by atoms with Gasteiger partial charge in [0.05, 0.1) is 0 Å². The van der Waals surface area contributed by atoms with E-state index in [1.165, 1.54) is 24.8 Å². The van der Waals surface area contributed by atoms with Crippen LogP contribution in [0.5, 0.6) is 0 Å². The molecule has 3 heteroatoms. The fourth-order valence-corrected chi connectivity index (χ4v) is 4.66. The zero-order valence-electron chi connectivity index (χ0n) is 13.5. The summed E-state index contributed by atoms with van der Waals surface area (Å²) in [6.45, 7) is 7.17. The molecule has 1 saturated carbocycles. The minimum absolute atomic E-state index is 0.255. The van der Waals surface area contributed by atoms with Gasteiger partial charge in [-0.05, 0) is 61.3 Å². The number of halogens is 2. The molecule has 1 aromatic carbocycles. The van der Waals surface area contributed by atoms with Gasteiger partial charge < -0.3 is 5.32 Å². The molecule has 1 fully saturated rings. The van der Waals surface area contributed by atoms with Crippen molar-refractivity contribution in [3.05, 3.63) is 33.3 Å². The first-order valence-electron chi connectivity index (χ1n) is 7.94. The molecule has 2 rings (SSSR count). The van der Waals surface area contributed by atoms with E-state index >= 15 is 0 Å². The number of rotatable bonds is 4. The lowest BCUT2D eigenvalue weighted by Crippen LogP contribution is -2.46. The van der Waals surface area contributed by atoms with Crippen LogP contribution in [0.25, 0.3) is 0 Å². The average Bonchev–Trinajstić information content (AvgIpc) is 2.41. The molecular weight excluding hydrogens is 346 g/mol. The van der Waals surface area contributed by atoms with Crippen LogP contribution in [0.1, 0.15) is 45.6 Å². The SMILES string of the molecule is CNC1CC(C)CCC1C(C)(C)Cc1ccc(Br)cc1Cl. The molecule has 0 amide bonds. The number of hydrogen-bond donors (Lipinski definition) is 1. The number of hydrogen-bond acceptors (Lipinski definition) is 1. The third-order valence-corrected chi connectivity index (χ3v) is 5.99. The summed E-state index contributed by atoms with van der Waals surface area (Å²) in [5.74, 6) is 1.55. The van der Waals surface area contributed by atoms with Crippen molar-refractivity contribution < 1.29 is 0 Å². The van der Waals surface area contributed by atoms with Crippen molar-refractivity contribution in [2.75, 3.05) is 7.05 Å². The van der Waals surface area contributed by atoms with Crippen molar-refractivity contribution in [2.24, 2.45) is 17.3 Å². The maximum atomic E-state index is 6.42. The zero-order valence-corrected chi connectivity index (χ0v) is 15.9. The first-order chi connectivity index (χ1) is 9.83. The Hall–Kier alpha value is -0.0500. The molecule has 0 bridgehead atoms. The van der Waals surface area contributed by atoms with Gasteiger partial charge in [-0.25, -0.2) is 0 Å². The molecule has 0 aromatic heterocycles. The van der Waals surface area contributed by atoms with Crippen LogP contribution in [0, 0.1) is 17.3 Å². The van der Waals surface area contributed by atoms with E-state index in [4.69, 9.17) is 11.6 Å². The first kappa shape index (κ1) is 17.3. The lowest BCUT2D eigenvalue weighted by atomic mass is 9.64. The van der Waals surface area contributed by atoms with Gasteiger partial charge in [0.25, 0.3) is 0 Å².